The van der Waals surface area contributed by atoms with Crippen LogP contribution in [-0.2, 0) is 21.7 Å². The Hall–Kier alpha value is -7.33. The molecule has 0 radical (unpaired) electrons. The maximum Gasteiger partial charge on any atom is 0.188 e. The molecule has 0 bridgehead atoms. The fourth-order valence-corrected chi connectivity index (χ4v) is 8.58. The fourth-order valence-electron chi connectivity index (χ4n) is 8.58. The van der Waals surface area contributed by atoms with Gasteiger partial charge in [0.25, 0.3) is 0 Å². The van der Waals surface area contributed by atoms with Crippen molar-refractivity contribution in [2.45, 2.75) is 209 Å². The van der Waals surface area contributed by atoms with E-state index in [0.29, 0.717) is 11.3 Å². The smallest absolute Gasteiger partial charge is 0.188 e. The maximum absolute atomic E-state index is 12.1. The van der Waals surface area contributed by atoms with E-state index < -0.39 is 0 Å². The Morgan fingerprint density at radius 2 is 0.726 bits per heavy atom. The van der Waals surface area contributed by atoms with Gasteiger partial charge in [-0.2, -0.15) is 5.26 Å². The van der Waals surface area contributed by atoms with E-state index in [2.05, 4.69) is 293 Å². The molecule has 0 heterocycles. The highest BCUT2D eigenvalue weighted by Crippen LogP contribution is 2.30. The largest absolute Gasteiger partial charge is 0.238 e. The summed E-state index contributed by atoms with van der Waals surface area (Å²) in [5.74, 6) is -0.171. The lowest BCUT2D eigenvalue weighted by Gasteiger charge is -2.25. The first-order valence-corrected chi connectivity index (χ1v) is 29.7. The zero-order valence-electron chi connectivity index (χ0n) is 57.3. The van der Waals surface area contributed by atoms with Gasteiger partial charge in [0.05, 0.1) is 12.6 Å². The summed E-state index contributed by atoms with van der Waals surface area (Å²) >= 11 is 0. The first kappa shape index (κ1) is 74.7. The molecule has 2 nitrogen and oxygen atoms in total. The molecule has 0 fully saturated rings. The summed E-state index contributed by atoms with van der Waals surface area (Å²) in [5.41, 5.74) is 27.9. The average molecular weight is 1130 g/mol. The van der Waals surface area contributed by atoms with Crippen LogP contribution in [0.1, 0.15) is 194 Å². The fraction of sp³-hybridized carbons (Fsp3) is 0.383. The van der Waals surface area contributed by atoms with Gasteiger partial charge in [-0.3, -0.25) is 0 Å². The van der Waals surface area contributed by atoms with Crippen LogP contribution in [0.3, 0.4) is 0 Å². The monoisotopic (exact) mass is 1130 g/mol. The van der Waals surface area contributed by atoms with Crippen LogP contribution in [0.2, 0.25) is 0 Å². The molecule has 0 saturated heterocycles. The molecule has 0 N–H and O–H groups in total. The van der Waals surface area contributed by atoms with Crippen molar-refractivity contribution in [2.24, 2.45) is 0 Å². The summed E-state index contributed by atoms with van der Waals surface area (Å²) in [5, 5.41) is 8.53. The highest BCUT2D eigenvalue weighted by atomic mass is 19.1. The third kappa shape index (κ3) is 28.8. The zero-order valence-corrected chi connectivity index (χ0v) is 57.3. The van der Waals surface area contributed by atoms with Crippen molar-refractivity contribution in [1.29, 1.82) is 5.26 Å². The van der Waals surface area contributed by atoms with Gasteiger partial charge in [0.1, 0.15) is 5.82 Å². The molecule has 0 aliphatic carbocycles. The number of hydrogen-bond donors (Lipinski definition) is 0. The van der Waals surface area contributed by atoms with Crippen LogP contribution >= 0.6 is 0 Å². The molecule has 0 amide bonds. The van der Waals surface area contributed by atoms with E-state index in [0.717, 1.165) is 11.1 Å². The predicted octanol–water partition coefficient (Wildman–Crippen LogP) is 23.9. The van der Waals surface area contributed by atoms with Crippen LogP contribution in [0.4, 0.5) is 10.1 Å². The SMILES string of the molecule is Cc1cc(C(C)(C)C)cc(C(C)(C)C)c1.Cc1cc(C)c(C)c(C)c1.Cc1ccc(C(C)(C)C)cc1.Cc1ccc(C)c(C)c1.Cc1ccc(F)cc1.Cc1cccc(C)c1C.Cc1ccccc1C(C)(C)C.[C-]#[N+]c1cc(C)cc(C#N)c1. The third-order valence-electron chi connectivity index (χ3n) is 14.6. The molecule has 8 rings (SSSR count). The van der Waals surface area contributed by atoms with Crippen LogP contribution in [0.25, 0.3) is 4.85 Å². The molecule has 8 aromatic rings. The van der Waals surface area contributed by atoms with E-state index in [9.17, 15) is 4.39 Å². The zero-order chi connectivity index (χ0) is 64.5. The summed E-state index contributed by atoms with van der Waals surface area (Å²) in [7, 11) is 0. The standard InChI is InChI=1S/C15H24.2C11H16.C10H14.C9H6N2.2C9H12.C7H7F/c1-11-8-12(14(2,3)4)10-13(9-11)15(5,6)7;1-9-5-7-10(8-6-9)11(2,3)4;1-9-7-5-6-8-10(9)11(2,3)4;1-7-5-8(2)10(4)9(3)6-7;1-7-3-8(6-10)5-9(4-7)11-2;1-7-4-5-8(2)9(3)6-7;1-7-5-4-6-8(2)9(7)3;1-6-2-4-7(8)5-3-6/h8-10H,1-7H3;2*5-8H,1-4H3;5-6H,1-4H3;3-5H,1H3;2*4-6H,1-3H3;2-5H,1H3. The number of rotatable bonds is 0. The molecular weight excluding hydrogens is 1020 g/mol. The Balaban J connectivity index is 0.000000483. The number of nitrogens with zero attached hydrogens (tertiary/aromatic N) is 2. The predicted molar refractivity (Wildman–Crippen MR) is 368 cm³/mol. The topological polar surface area (TPSA) is 28.1 Å². The Morgan fingerprint density at radius 3 is 1.10 bits per heavy atom. The number of benzene rings is 8. The molecule has 0 aliphatic rings. The van der Waals surface area contributed by atoms with E-state index in [1.54, 1.807) is 30.3 Å². The van der Waals surface area contributed by atoms with Gasteiger partial charge in [-0.15, -0.1) is 0 Å². The van der Waals surface area contributed by atoms with Crippen molar-refractivity contribution in [3.63, 3.8) is 0 Å². The van der Waals surface area contributed by atoms with Gasteiger partial charge in [0, 0.05) is 5.56 Å². The summed E-state index contributed by atoms with van der Waals surface area (Å²) < 4.78 is 12.1. The second-order valence-electron chi connectivity index (χ2n) is 27.0. The molecular formula is C81H107FN2. The third-order valence-corrected chi connectivity index (χ3v) is 14.6. The number of nitriles is 1. The van der Waals surface area contributed by atoms with Crippen molar-refractivity contribution < 1.29 is 4.39 Å². The molecule has 3 heteroatoms. The lowest BCUT2D eigenvalue weighted by molar-refractivity contribution is 0.567. The minimum atomic E-state index is -0.171. The Bertz CT molecular complexity index is 3230. The second-order valence-corrected chi connectivity index (χ2v) is 27.0. The molecule has 0 saturated carbocycles. The lowest BCUT2D eigenvalue weighted by atomic mass is 9.80. The molecule has 0 aromatic heterocycles. The minimum absolute atomic E-state index is 0.171. The summed E-state index contributed by atoms with van der Waals surface area (Å²) in [4.78, 5) is 3.24. The molecule has 448 valence electrons. The van der Waals surface area contributed by atoms with Gasteiger partial charge in [0.2, 0.25) is 0 Å². The van der Waals surface area contributed by atoms with Crippen molar-refractivity contribution in [2.75, 3.05) is 0 Å². The number of aryl methyl sites for hydroxylation is 13. The van der Waals surface area contributed by atoms with E-state index in [1.807, 2.05) is 19.9 Å². The highest BCUT2D eigenvalue weighted by Gasteiger charge is 2.20. The lowest BCUT2D eigenvalue weighted by Crippen LogP contribution is -2.16. The van der Waals surface area contributed by atoms with Gasteiger partial charge in [-0.1, -0.05) is 250 Å². The summed E-state index contributed by atoms with van der Waals surface area (Å²) in [6.07, 6.45) is 0. The molecule has 8 aromatic carbocycles. The summed E-state index contributed by atoms with van der Waals surface area (Å²) in [6, 6.07) is 55.1. The van der Waals surface area contributed by atoms with Gasteiger partial charge < -0.3 is 0 Å². The number of hydrogen-bond acceptors (Lipinski definition) is 1. The van der Waals surface area contributed by atoms with Crippen molar-refractivity contribution in [3.05, 3.63) is 286 Å². The van der Waals surface area contributed by atoms with Gasteiger partial charge >= 0.3 is 0 Å². The van der Waals surface area contributed by atoms with E-state index in [1.165, 1.54) is 107 Å². The maximum atomic E-state index is 12.1. The molecule has 0 spiro atoms. The number of halogens is 1. The Kier molecular flexibility index (Phi) is 30.6. The Labute approximate surface area is 513 Å². The van der Waals surface area contributed by atoms with Crippen molar-refractivity contribution >= 4 is 5.69 Å². The van der Waals surface area contributed by atoms with Crippen molar-refractivity contribution in [3.8, 4) is 6.07 Å². The van der Waals surface area contributed by atoms with Gasteiger partial charge in [-0.05, 0) is 222 Å². The molecule has 84 heavy (non-hydrogen) atoms. The quantitative estimate of drug-likeness (QED) is 0.139. The van der Waals surface area contributed by atoms with Crippen LogP contribution in [0, 0.1) is 128 Å². The highest BCUT2D eigenvalue weighted by molar-refractivity contribution is 5.52. The van der Waals surface area contributed by atoms with Gasteiger partial charge in [-0.25, -0.2) is 9.24 Å². The van der Waals surface area contributed by atoms with E-state index >= 15 is 0 Å². The second kappa shape index (κ2) is 34.4. The first-order chi connectivity index (χ1) is 38.7. The normalized spacial score (nSPS) is 10.6. The van der Waals surface area contributed by atoms with Crippen molar-refractivity contribution in [1.82, 2.24) is 0 Å². The molecule has 0 atom stereocenters. The van der Waals surface area contributed by atoms with Crippen LogP contribution in [-0.4, -0.2) is 0 Å². The molecule has 0 unspecified atom stereocenters. The first-order valence-electron chi connectivity index (χ1n) is 29.7. The minimum Gasteiger partial charge on any atom is -0.238 e. The van der Waals surface area contributed by atoms with Gasteiger partial charge in [0.15, 0.2) is 5.69 Å². The average Bonchev–Trinajstić information content (AvgIpc) is 3.48. The van der Waals surface area contributed by atoms with E-state index in [4.69, 9.17) is 11.8 Å². The van der Waals surface area contributed by atoms with E-state index in [-0.39, 0.29) is 27.5 Å². The Morgan fingerprint density at radius 1 is 0.333 bits per heavy atom. The van der Waals surface area contributed by atoms with Crippen LogP contribution in [0.5, 0.6) is 0 Å². The van der Waals surface area contributed by atoms with Crippen LogP contribution in [0.15, 0.2) is 158 Å². The van der Waals surface area contributed by atoms with Crippen LogP contribution < -0.4 is 0 Å². The summed E-state index contributed by atoms with van der Waals surface area (Å²) in [6.45, 7) is 65.5. The molecule has 0 aliphatic heterocycles.